The van der Waals surface area contributed by atoms with Gasteiger partial charge in [0.15, 0.2) is 0 Å². The summed E-state index contributed by atoms with van der Waals surface area (Å²) in [5.74, 6) is -0.374. The zero-order valence-electron chi connectivity index (χ0n) is 13.6. The van der Waals surface area contributed by atoms with E-state index in [0.717, 1.165) is 11.1 Å². The van der Waals surface area contributed by atoms with Gasteiger partial charge in [-0.1, -0.05) is 6.07 Å². The van der Waals surface area contributed by atoms with Gasteiger partial charge in [-0.25, -0.2) is 0 Å². The van der Waals surface area contributed by atoms with Crippen LogP contribution in [-0.4, -0.2) is 24.9 Å². The maximum atomic E-state index is 12.6. The van der Waals surface area contributed by atoms with E-state index in [-0.39, 0.29) is 17.2 Å². The summed E-state index contributed by atoms with van der Waals surface area (Å²) in [6, 6.07) is 9.87. The van der Waals surface area contributed by atoms with Crippen molar-refractivity contribution in [2.24, 2.45) is 0 Å². The fourth-order valence-corrected chi connectivity index (χ4v) is 2.23. The van der Waals surface area contributed by atoms with E-state index in [0.29, 0.717) is 11.4 Å². The Kier molecular flexibility index (Phi) is 4.64. The van der Waals surface area contributed by atoms with Crippen LogP contribution < -0.4 is 10.2 Å². The number of nitrogens with one attached hydrogen (secondary N) is 1. The maximum absolute atomic E-state index is 12.6. The molecule has 120 valence electrons. The van der Waals surface area contributed by atoms with Crippen molar-refractivity contribution in [1.29, 1.82) is 0 Å². The predicted molar refractivity (Wildman–Crippen MR) is 91.3 cm³/mol. The van der Waals surface area contributed by atoms with Gasteiger partial charge in [0.05, 0.1) is 10.5 Å². The van der Waals surface area contributed by atoms with Gasteiger partial charge in [0.1, 0.15) is 0 Å². The molecule has 1 amide bonds. The van der Waals surface area contributed by atoms with Gasteiger partial charge in [-0.05, 0) is 43.2 Å². The SMILES string of the molecule is Cc1ccc(NC(=O)c2cc([N+](=O)[O-])ccc2N(C)C)cc1C. The molecule has 0 saturated carbocycles. The monoisotopic (exact) mass is 313 g/mol. The van der Waals surface area contributed by atoms with Crippen molar-refractivity contribution in [3.63, 3.8) is 0 Å². The zero-order valence-corrected chi connectivity index (χ0v) is 13.6. The predicted octanol–water partition coefficient (Wildman–Crippen LogP) is 3.53. The normalized spacial score (nSPS) is 10.3. The maximum Gasteiger partial charge on any atom is 0.270 e. The van der Waals surface area contributed by atoms with Crippen LogP contribution in [0.15, 0.2) is 36.4 Å². The smallest absolute Gasteiger partial charge is 0.270 e. The molecule has 0 radical (unpaired) electrons. The van der Waals surface area contributed by atoms with E-state index >= 15 is 0 Å². The Balaban J connectivity index is 2.38. The van der Waals surface area contributed by atoms with Gasteiger partial charge < -0.3 is 10.2 Å². The lowest BCUT2D eigenvalue weighted by Crippen LogP contribution is -2.19. The molecule has 0 saturated heterocycles. The number of carbonyl (C=O) groups excluding carboxylic acids is 1. The molecular formula is C17H19N3O3. The Bertz CT molecular complexity index is 770. The molecule has 2 aromatic carbocycles. The number of anilines is 2. The molecule has 1 N–H and O–H groups in total. The lowest BCUT2D eigenvalue weighted by molar-refractivity contribution is -0.384. The number of amides is 1. The van der Waals surface area contributed by atoms with Gasteiger partial charge in [0, 0.05) is 37.6 Å². The topological polar surface area (TPSA) is 75.5 Å². The van der Waals surface area contributed by atoms with E-state index in [9.17, 15) is 14.9 Å². The third-order valence-electron chi connectivity index (χ3n) is 3.68. The highest BCUT2D eigenvalue weighted by Crippen LogP contribution is 2.25. The average molecular weight is 313 g/mol. The Labute approximate surface area is 134 Å². The molecule has 0 aliphatic heterocycles. The molecule has 0 atom stereocenters. The van der Waals surface area contributed by atoms with Gasteiger partial charge in [-0.2, -0.15) is 0 Å². The minimum atomic E-state index is -0.508. The van der Waals surface area contributed by atoms with E-state index in [2.05, 4.69) is 5.32 Å². The van der Waals surface area contributed by atoms with Crippen molar-refractivity contribution in [2.75, 3.05) is 24.3 Å². The number of nitrogens with zero attached hydrogens (tertiary/aromatic N) is 2. The third-order valence-corrected chi connectivity index (χ3v) is 3.68. The number of nitro benzene ring substituents is 1. The number of benzene rings is 2. The molecule has 0 fully saturated rings. The molecule has 6 heteroatoms. The van der Waals surface area contributed by atoms with Crippen molar-refractivity contribution in [1.82, 2.24) is 0 Å². The highest BCUT2D eigenvalue weighted by atomic mass is 16.6. The van der Waals surface area contributed by atoms with Crippen LogP contribution in [0.2, 0.25) is 0 Å². The van der Waals surface area contributed by atoms with Gasteiger partial charge in [-0.15, -0.1) is 0 Å². The largest absolute Gasteiger partial charge is 0.377 e. The van der Waals surface area contributed by atoms with Crippen LogP contribution in [0.1, 0.15) is 21.5 Å². The molecule has 0 unspecified atom stereocenters. The number of nitro groups is 1. The second-order valence-electron chi connectivity index (χ2n) is 5.61. The number of hydrogen-bond donors (Lipinski definition) is 1. The number of hydrogen-bond acceptors (Lipinski definition) is 4. The standard InChI is InChI=1S/C17H19N3O3/c1-11-5-6-13(9-12(11)2)18-17(21)15-10-14(20(22)23)7-8-16(15)19(3)4/h5-10H,1-4H3,(H,18,21). The van der Waals surface area contributed by atoms with Gasteiger partial charge in [-0.3, -0.25) is 14.9 Å². The van der Waals surface area contributed by atoms with Crippen LogP contribution in [0, 0.1) is 24.0 Å². The van der Waals surface area contributed by atoms with Crippen LogP contribution >= 0.6 is 0 Å². The molecular weight excluding hydrogens is 294 g/mol. The summed E-state index contributed by atoms with van der Waals surface area (Å²) in [5.41, 5.74) is 3.64. The van der Waals surface area contributed by atoms with Crippen molar-refractivity contribution in [3.8, 4) is 0 Å². The Morgan fingerprint density at radius 3 is 2.35 bits per heavy atom. The molecule has 0 aromatic heterocycles. The van der Waals surface area contributed by atoms with Crippen LogP contribution in [0.5, 0.6) is 0 Å². The van der Waals surface area contributed by atoms with E-state index in [4.69, 9.17) is 0 Å². The molecule has 0 aliphatic rings. The molecule has 0 aliphatic carbocycles. The molecule has 6 nitrogen and oxygen atoms in total. The summed E-state index contributed by atoms with van der Waals surface area (Å²) < 4.78 is 0. The minimum absolute atomic E-state index is 0.110. The summed E-state index contributed by atoms with van der Waals surface area (Å²) in [6.07, 6.45) is 0. The average Bonchev–Trinajstić information content (AvgIpc) is 2.50. The number of carbonyl (C=O) groups is 1. The fraction of sp³-hybridized carbons (Fsp3) is 0.235. The highest BCUT2D eigenvalue weighted by Gasteiger charge is 2.18. The van der Waals surface area contributed by atoms with Gasteiger partial charge >= 0.3 is 0 Å². The minimum Gasteiger partial charge on any atom is -0.377 e. The van der Waals surface area contributed by atoms with E-state index in [1.54, 1.807) is 25.1 Å². The first kappa shape index (κ1) is 16.5. The van der Waals surface area contributed by atoms with Crippen LogP contribution in [0.25, 0.3) is 0 Å². The Morgan fingerprint density at radius 2 is 1.78 bits per heavy atom. The molecule has 0 spiro atoms. The van der Waals surface area contributed by atoms with Crippen LogP contribution in [0.4, 0.5) is 17.1 Å². The summed E-state index contributed by atoms with van der Waals surface area (Å²) >= 11 is 0. The highest BCUT2D eigenvalue weighted by molar-refractivity contribution is 6.08. The number of rotatable bonds is 4. The van der Waals surface area contributed by atoms with Gasteiger partial charge in [0.2, 0.25) is 0 Å². The second-order valence-corrected chi connectivity index (χ2v) is 5.61. The molecule has 23 heavy (non-hydrogen) atoms. The molecule has 0 bridgehead atoms. The first-order valence-corrected chi connectivity index (χ1v) is 7.14. The lowest BCUT2D eigenvalue weighted by atomic mass is 10.1. The first-order valence-electron chi connectivity index (χ1n) is 7.14. The second kappa shape index (κ2) is 6.48. The summed E-state index contributed by atoms with van der Waals surface area (Å²) in [7, 11) is 3.57. The van der Waals surface area contributed by atoms with Crippen LogP contribution in [0.3, 0.4) is 0 Å². The lowest BCUT2D eigenvalue weighted by Gasteiger charge is -2.17. The fourth-order valence-electron chi connectivity index (χ4n) is 2.23. The third kappa shape index (κ3) is 3.66. The van der Waals surface area contributed by atoms with Crippen molar-refractivity contribution in [2.45, 2.75) is 13.8 Å². The van der Waals surface area contributed by atoms with E-state index in [1.165, 1.54) is 12.1 Å². The van der Waals surface area contributed by atoms with Crippen molar-refractivity contribution >= 4 is 23.0 Å². The summed E-state index contributed by atoms with van der Waals surface area (Å²) in [4.78, 5) is 24.7. The Morgan fingerprint density at radius 1 is 1.09 bits per heavy atom. The van der Waals surface area contributed by atoms with Crippen molar-refractivity contribution < 1.29 is 9.72 Å². The van der Waals surface area contributed by atoms with Crippen molar-refractivity contribution in [3.05, 3.63) is 63.2 Å². The van der Waals surface area contributed by atoms with Gasteiger partial charge in [0.25, 0.3) is 11.6 Å². The quantitative estimate of drug-likeness (QED) is 0.692. The molecule has 2 rings (SSSR count). The molecule has 0 heterocycles. The zero-order chi connectivity index (χ0) is 17.1. The first-order chi connectivity index (χ1) is 10.8. The summed E-state index contributed by atoms with van der Waals surface area (Å²) in [5, 5.41) is 13.8. The number of non-ortho nitro benzene ring substituents is 1. The number of aryl methyl sites for hydroxylation is 2. The van der Waals surface area contributed by atoms with E-state index < -0.39 is 4.92 Å². The molecule has 2 aromatic rings. The Hall–Kier alpha value is -2.89. The van der Waals surface area contributed by atoms with E-state index in [1.807, 2.05) is 32.0 Å². The summed E-state index contributed by atoms with van der Waals surface area (Å²) in [6.45, 7) is 3.95. The van der Waals surface area contributed by atoms with Crippen LogP contribution in [-0.2, 0) is 0 Å².